The minimum absolute atomic E-state index is 0.00958. The number of anilines is 1. The van der Waals surface area contributed by atoms with Gasteiger partial charge in [0.25, 0.3) is 0 Å². The zero-order valence-corrected chi connectivity index (χ0v) is 20.9. The van der Waals surface area contributed by atoms with E-state index in [2.05, 4.69) is 45.5 Å². The Morgan fingerprint density at radius 3 is 2.47 bits per heavy atom. The Kier molecular flexibility index (Phi) is 7.97. The molecule has 1 heterocycles. The number of methoxy groups -OCH3 is 2. The van der Waals surface area contributed by atoms with Gasteiger partial charge >= 0.3 is 0 Å². The summed E-state index contributed by atoms with van der Waals surface area (Å²) >= 11 is 0. The fraction of sp³-hybridized carbons (Fsp3) is 0.250. The molecule has 1 amide bonds. The van der Waals surface area contributed by atoms with Gasteiger partial charge in [-0.15, -0.1) is 0 Å². The van der Waals surface area contributed by atoms with E-state index in [1.54, 1.807) is 14.2 Å². The molecule has 0 aliphatic heterocycles. The van der Waals surface area contributed by atoms with Crippen LogP contribution in [0.4, 0.5) is 5.69 Å². The van der Waals surface area contributed by atoms with E-state index in [1.807, 2.05) is 54.6 Å². The summed E-state index contributed by atoms with van der Waals surface area (Å²) < 4.78 is 16.4. The van der Waals surface area contributed by atoms with Gasteiger partial charge in [-0.3, -0.25) is 9.69 Å². The lowest BCUT2D eigenvalue weighted by molar-refractivity contribution is -0.114. The molecule has 0 unspecified atom stereocenters. The summed E-state index contributed by atoms with van der Waals surface area (Å²) in [6.07, 6.45) is 0. The van der Waals surface area contributed by atoms with Gasteiger partial charge in [0, 0.05) is 30.8 Å². The molecule has 186 valence electrons. The van der Waals surface area contributed by atoms with Gasteiger partial charge in [-0.05, 0) is 48.4 Å². The first kappa shape index (κ1) is 24.9. The van der Waals surface area contributed by atoms with Crippen LogP contribution in [0, 0.1) is 0 Å². The van der Waals surface area contributed by atoms with Crippen molar-refractivity contribution in [2.75, 3.05) is 19.5 Å². The summed E-state index contributed by atoms with van der Waals surface area (Å²) in [7, 11) is 3.19. The van der Waals surface area contributed by atoms with Crippen molar-refractivity contribution in [3.05, 3.63) is 89.8 Å². The summed E-state index contributed by atoms with van der Waals surface area (Å²) in [5, 5.41) is 7.06. The van der Waals surface area contributed by atoms with Crippen LogP contribution in [0.3, 0.4) is 0 Å². The molecule has 1 N–H and O–H groups in total. The minimum Gasteiger partial charge on any atom is -0.493 e. The predicted octanol–water partition coefficient (Wildman–Crippen LogP) is 5.48. The number of rotatable bonds is 10. The Morgan fingerprint density at radius 2 is 1.75 bits per heavy atom. The van der Waals surface area contributed by atoms with E-state index >= 15 is 0 Å². The zero-order chi connectivity index (χ0) is 25.5. The first-order valence-electron chi connectivity index (χ1n) is 11.7. The zero-order valence-electron chi connectivity index (χ0n) is 20.9. The van der Waals surface area contributed by atoms with E-state index in [0.29, 0.717) is 36.3 Å². The molecule has 36 heavy (non-hydrogen) atoms. The van der Waals surface area contributed by atoms with Crippen LogP contribution in [-0.4, -0.2) is 35.2 Å². The first-order valence-corrected chi connectivity index (χ1v) is 11.7. The van der Waals surface area contributed by atoms with Gasteiger partial charge in [0.15, 0.2) is 11.5 Å². The summed E-state index contributed by atoms with van der Waals surface area (Å²) in [5.74, 6) is 2.11. The molecular formula is C28H30N4O4. The fourth-order valence-corrected chi connectivity index (χ4v) is 4.02. The number of nitrogens with zero attached hydrogens (tertiary/aromatic N) is 3. The molecule has 1 atom stereocenters. The van der Waals surface area contributed by atoms with E-state index in [0.717, 1.165) is 16.8 Å². The minimum atomic E-state index is -0.102. The maximum absolute atomic E-state index is 11.5. The molecule has 0 saturated carbocycles. The molecule has 0 aliphatic rings. The second-order valence-corrected chi connectivity index (χ2v) is 8.45. The van der Waals surface area contributed by atoms with Crippen LogP contribution in [0.15, 0.2) is 77.3 Å². The molecule has 0 aliphatic carbocycles. The van der Waals surface area contributed by atoms with Crippen LogP contribution in [-0.2, 0) is 17.9 Å². The average Bonchev–Trinajstić information content (AvgIpc) is 3.36. The molecule has 0 bridgehead atoms. The highest BCUT2D eigenvalue weighted by atomic mass is 16.5. The Hall–Kier alpha value is -4.17. The predicted molar refractivity (Wildman–Crippen MR) is 138 cm³/mol. The maximum Gasteiger partial charge on any atom is 0.241 e. The molecule has 0 fully saturated rings. The summed E-state index contributed by atoms with van der Waals surface area (Å²) in [6.45, 7) is 4.76. The molecule has 4 rings (SSSR count). The van der Waals surface area contributed by atoms with Crippen molar-refractivity contribution >= 4 is 11.6 Å². The third-order valence-electron chi connectivity index (χ3n) is 5.91. The Bertz CT molecular complexity index is 1310. The highest BCUT2D eigenvalue weighted by Crippen LogP contribution is 2.32. The average molecular weight is 487 g/mol. The van der Waals surface area contributed by atoms with E-state index in [9.17, 15) is 4.79 Å². The van der Waals surface area contributed by atoms with Gasteiger partial charge < -0.3 is 19.3 Å². The quantitative estimate of drug-likeness (QED) is 0.318. The van der Waals surface area contributed by atoms with Crippen molar-refractivity contribution < 1.29 is 18.8 Å². The van der Waals surface area contributed by atoms with Crippen molar-refractivity contribution in [3.63, 3.8) is 0 Å². The van der Waals surface area contributed by atoms with Gasteiger partial charge in [-0.2, -0.15) is 4.98 Å². The maximum atomic E-state index is 11.5. The van der Waals surface area contributed by atoms with E-state index in [1.165, 1.54) is 12.5 Å². The Balaban J connectivity index is 1.60. The molecule has 8 nitrogen and oxygen atoms in total. The number of nitrogens with one attached hydrogen (secondary N) is 1. The van der Waals surface area contributed by atoms with Crippen LogP contribution >= 0.6 is 0 Å². The van der Waals surface area contributed by atoms with Gasteiger partial charge in [-0.25, -0.2) is 0 Å². The van der Waals surface area contributed by atoms with Crippen LogP contribution in [0.25, 0.3) is 11.4 Å². The number of ether oxygens (including phenoxy) is 2. The third-order valence-corrected chi connectivity index (χ3v) is 5.91. The van der Waals surface area contributed by atoms with Gasteiger partial charge in [0.2, 0.25) is 17.6 Å². The molecule has 0 spiro atoms. The highest BCUT2D eigenvalue weighted by molar-refractivity contribution is 5.88. The molecule has 3 aromatic carbocycles. The second-order valence-electron chi connectivity index (χ2n) is 8.45. The Morgan fingerprint density at radius 1 is 0.972 bits per heavy atom. The molecular weight excluding hydrogens is 456 g/mol. The van der Waals surface area contributed by atoms with Crippen molar-refractivity contribution in [1.82, 2.24) is 15.0 Å². The number of amides is 1. The topological polar surface area (TPSA) is 89.7 Å². The van der Waals surface area contributed by atoms with Crippen molar-refractivity contribution in [2.45, 2.75) is 33.0 Å². The van der Waals surface area contributed by atoms with Gasteiger partial charge in [-0.1, -0.05) is 47.6 Å². The van der Waals surface area contributed by atoms with Gasteiger partial charge in [0.05, 0.1) is 20.8 Å². The molecule has 0 saturated heterocycles. The van der Waals surface area contributed by atoms with Crippen LogP contribution < -0.4 is 14.8 Å². The summed E-state index contributed by atoms with van der Waals surface area (Å²) in [5.41, 5.74) is 3.77. The summed E-state index contributed by atoms with van der Waals surface area (Å²) in [6, 6.07) is 23.6. The van der Waals surface area contributed by atoms with Crippen molar-refractivity contribution in [1.29, 1.82) is 0 Å². The lowest BCUT2D eigenvalue weighted by Crippen LogP contribution is -2.26. The lowest BCUT2D eigenvalue weighted by Gasteiger charge is -2.28. The first-order chi connectivity index (χ1) is 17.5. The number of carbonyl (C=O) groups is 1. The summed E-state index contributed by atoms with van der Waals surface area (Å²) in [4.78, 5) is 18.5. The number of benzene rings is 3. The monoisotopic (exact) mass is 486 g/mol. The van der Waals surface area contributed by atoms with E-state index < -0.39 is 0 Å². The highest BCUT2D eigenvalue weighted by Gasteiger charge is 2.21. The molecule has 1 aromatic heterocycles. The smallest absolute Gasteiger partial charge is 0.241 e. The van der Waals surface area contributed by atoms with Crippen LogP contribution in [0.2, 0.25) is 0 Å². The third kappa shape index (κ3) is 6.09. The molecule has 8 heteroatoms. The second kappa shape index (κ2) is 11.5. The fourth-order valence-electron chi connectivity index (χ4n) is 4.02. The SMILES string of the molecule is COc1ccc(-c2noc(CN(Cc3ccccc3)[C@@H](C)c3cccc(NC(C)=O)c3)n2)cc1OC. The van der Waals surface area contributed by atoms with Crippen molar-refractivity contribution in [2.24, 2.45) is 0 Å². The number of aromatic nitrogens is 2. The van der Waals surface area contributed by atoms with E-state index in [-0.39, 0.29) is 11.9 Å². The standard InChI is InChI=1S/C28H30N4O4/c1-19(22-11-8-12-24(15-22)29-20(2)33)32(17-21-9-6-5-7-10-21)18-27-30-28(31-36-27)23-13-14-25(34-3)26(16-23)35-4/h5-16,19H,17-18H2,1-4H3,(H,29,33)/t19-/m0/s1. The number of carbonyl (C=O) groups excluding carboxylic acids is 1. The Labute approximate surface area is 210 Å². The number of hydrogen-bond acceptors (Lipinski definition) is 7. The van der Waals surface area contributed by atoms with Crippen molar-refractivity contribution in [3.8, 4) is 22.9 Å². The van der Waals surface area contributed by atoms with Crippen LogP contribution in [0.1, 0.15) is 36.9 Å². The normalized spacial score (nSPS) is 11.8. The van der Waals surface area contributed by atoms with E-state index in [4.69, 9.17) is 14.0 Å². The lowest BCUT2D eigenvalue weighted by atomic mass is 10.0. The van der Waals surface area contributed by atoms with Crippen LogP contribution in [0.5, 0.6) is 11.5 Å². The largest absolute Gasteiger partial charge is 0.493 e. The molecule has 0 radical (unpaired) electrons. The number of hydrogen-bond donors (Lipinski definition) is 1. The van der Waals surface area contributed by atoms with Gasteiger partial charge in [0.1, 0.15) is 0 Å². The molecule has 4 aromatic rings.